The summed E-state index contributed by atoms with van der Waals surface area (Å²) in [7, 11) is 1.88. The fourth-order valence-corrected chi connectivity index (χ4v) is 2.14. The molecule has 0 aliphatic heterocycles. The highest BCUT2D eigenvalue weighted by Crippen LogP contribution is 2.23. The minimum absolute atomic E-state index is 0.656. The zero-order valence-corrected chi connectivity index (χ0v) is 12.5. The van der Waals surface area contributed by atoms with E-state index >= 15 is 0 Å². The van der Waals surface area contributed by atoms with Crippen LogP contribution in [0.25, 0.3) is 0 Å². The van der Waals surface area contributed by atoms with Crippen LogP contribution in [0.2, 0.25) is 5.02 Å². The fourth-order valence-electron chi connectivity index (χ4n) is 1.95. The van der Waals surface area contributed by atoms with Gasteiger partial charge in [0.2, 0.25) is 0 Å². The largest absolute Gasteiger partial charge is 0.494 e. The summed E-state index contributed by atoms with van der Waals surface area (Å²) in [6, 6.07) is 5.73. The molecule has 2 aromatic rings. The monoisotopic (exact) mass is 294 g/mol. The van der Waals surface area contributed by atoms with Crippen molar-refractivity contribution < 1.29 is 4.74 Å². The van der Waals surface area contributed by atoms with E-state index in [0.29, 0.717) is 6.61 Å². The number of rotatable bonds is 7. The Morgan fingerprint density at radius 3 is 2.95 bits per heavy atom. The van der Waals surface area contributed by atoms with Crippen LogP contribution < -0.4 is 10.1 Å². The molecule has 0 aliphatic rings. The lowest BCUT2D eigenvalue weighted by Crippen LogP contribution is -2.18. The highest BCUT2D eigenvalue weighted by molar-refractivity contribution is 6.30. The van der Waals surface area contributed by atoms with E-state index in [4.69, 9.17) is 16.3 Å². The summed E-state index contributed by atoms with van der Waals surface area (Å²) < 4.78 is 7.37. The molecule has 0 saturated carbocycles. The number of nitrogens with zero attached hydrogens (tertiary/aromatic N) is 3. The SMILES string of the molecule is CCOc1ccc(Cl)cc1CCNCc1cnnn1C. The van der Waals surface area contributed by atoms with Crippen molar-refractivity contribution in [3.63, 3.8) is 0 Å². The summed E-state index contributed by atoms with van der Waals surface area (Å²) in [6.07, 6.45) is 2.62. The maximum absolute atomic E-state index is 6.04. The molecule has 0 bridgehead atoms. The van der Waals surface area contributed by atoms with Gasteiger partial charge in [0.25, 0.3) is 0 Å². The average Bonchev–Trinajstić information content (AvgIpc) is 2.83. The van der Waals surface area contributed by atoms with Gasteiger partial charge in [-0.1, -0.05) is 16.8 Å². The van der Waals surface area contributed by atoms with Gasteiger partial charge in [0.15, 0.2) is 0 Å². The van der Waals surface area contributed by atoms with Gasteiger partial charge in [-0.25, -0.2) is 0 Å². The minimum Gasteiger partial charge on any atom is -0.494 e. The first-order valence-corrected chi connectivity index (χ1v) is 7.04. The maximum Gasteiger partial charge on any atom is 0.122 e. The molecule has 2 rings (SSSR count). The molecule has 0 fully saturated rings. The standard InChI is InChI=1S/C14H19ClN4O/c1-3-20-14-5-4-12(15)8-11(14)6-7-16-9-13-10-17-18-19(13)2/h4-5,8,10,16H,3,6-7,9H2,1-2H3. The number of ether oxygens (including phenoxy) is 1. The molecule has 1 aromatic heterocycles. The highest BCUT2D eigenvalue weighted by Gasteiger charge is 2.05. The molecule has 0 unspecified atom stereocenters. The van der Waals surface area contributed by atoms with Crippen molar-refractivity contribution in [1.29, 1.82) is 0 Å². The normalized spacial score (nSPS) is 10.8. The van der Waals surface area contributed by atoms with Crippen LogP contribution in [0.5, 0.6) is 5.75 Å². The molecule has 20 heavy (non-hydrogen) atoms. The van der Waals surface area contributed by atoms with Crippen LogP contribution in [-0.4, -0.2) is 28.1 Å². The van der Waals surface area contributed by atoms with Gasteiger partial charge in [0.05, 0.1) is 18.5 Å². The second-order valence-electron chi connectivity index (χ2n) is 4.46. The lowest BCUT2D eigenvalue weighted by molar-refractivity contribution is 0.336. The Morgan fingerprint density at radius 2 is 2.25 bits per heavy atom. The third kappa shape index (κ3) is 3.95. The smallest absolute Gasteiger partial charge is 0.122 e. The average molecular weight is 295 g/mol. The summed E-state index contributed by atoms with van der Waals surface area (Å²) in [5.41, 5.74) is 2.18. The van der Waals surface area contributed by atoms with Gasteiger partial charge in [-0.3, -0.25) is 4.68 Å². The molecule has 1 heterocycles. The Balaban J connectivity index is 1.87. The number of hydrogen-bond acceptors (Lipinski definition) is 4. The van der Waals surface area contributed by atoms with E-state index in [9.17, 15) is 0 Å². The van der Waals surface area contributed by atoms with Gasteiger partial charge in [0, 0.05) is 18.6 Å². The van der Waals surface area contributed by atoms with Gasteiger partial charge in [-0.2, -0.15) is 0 Å². The van der Waals surface area contributed by atoms with E-state index in [0.717, 1.165) is 41.5 Å². The van der Waals surface area contributed by atoms with Crippen molar-refractivity contribution in [2.24, 2.45) is 7.05 Å². The van der Waals surface area contributed by atoms with Crippen LogP contribution in [0.3, 0.4) is 0 Å². The second kappa shape index (κ2) is 7.26. The molecule has 0 amide bonds. The fraction of sp³-hybridized carbons (Fsp3) is 0.429. The molecule has 0 atom stereocenters. The lowest BCUT2D eigenvalue weighted by Gasteiger charge is -2.11. The molecular formula is C14H19ClN4O. The molecule has 0 spiro atoms. The van der Waals surface area contributed by atoms with Crippen molar-refractivity contribution in [1.82, 2.24) is 20.3 Å². The molecular weight excluding hydrogens is 276 g/mol. The van der Waals surface area contributed by atoms with Crippen molar-refractivity contribution in [3.05, 3.63) is 40.7 Å². The summed E-state index contributed by atoms with van der Waals surface area (Å²) in [6.45, 7) is 4.22. The lowest BCUT2D eigenvalue weighted by atomic mass is 10.1. The van der Waals surface area contributed by atoms with Crippen LogP contribution >= 0.6 is 11.6 Å². The van der Waals surface area contributed by atoms with E-state index in [1.54, 1.807) is 10.9 Å². The van der Waals surface area contributed by atoms with Crippen LogP contribution in [0.15, 0.2) is 24.4 Å². The molecule has 0 aliphatic carbocycles. The number of hydrogen-bond donors (Lipinski definition) is 1. The molecule has 6 heteroatoms. The zero-order chi connectivity index (χ0) is 14.4. The van der Waals surface area contributed by atoms with Crippen molar-refractivity contribution in [2.45, 2.75) is 19.9 Å². The van der Waals surface area contributed by atoms with E-state index < -0.39 is 0 Å². The first kappa shape index (κ1) is 14.8. The predicted octanol–water partition coefficient (Wildman–Crippen LogP) is 2.20. The minimum atomic E-state index is 0.656. The summed E-state index contributed by atoms with van der Waals surface area (Å²) in [5, 5.41) is 11.8. The number of aromatic nitrogens is 3. The molecule has 5 nitrogen and oxygen atoms in total. The van der Waals surface area contributed by atoms with Crippen LogP contribution in [-0.2, 0) is 20.0 Å². The number of nitrogens with one attached hydrogen (secondary N) is 1. The molecule has 0 radical (unpaired) electrons. The Kier molecular flexibility index (Phi) is 5.38. The molecule has 1 aromatic carbocycles. The number of halogens is 1. The third-order valence-electron chi connectivity index (χ3n) is 3.01. The Hall–Kier alpha value is -1.59. The molecule has 108 valence electrons. The van der Waals surface area contributed by atoms with E-state index in [-0.39, 0.29) is 0 Å². The van der Waals surface area contributed by atoms with Gasteiger partial charge in [0.1, 0.15) is 5.75 Å². The second-order valence-corrected chi connectivity index (χ2v) is 4.90. The Morgan fingerprint density at radius 1 is 1.40 bits per heavy atom. The van der Waals surface area contributed by atoms with Gasteiger partial charge >= 0.3 is 0 Å². The Bertz CT molecular complexity index is 556. The predicted molar refractivity (Wildman–Crippen MR) is 79.0 cm³/mol. The van der Waals surface area contributed by atoms with E-state index in [1.807, 2.05) is 32.2 Å². The van der Waals surface area contributed by atoms with Crippen LogP contribution in [0.1, 0.15) is 18.2 Å². The first-order valence-electron chi connectivity index (χ1n) is 6.66. The Labute approximate surface area is 123 Å². The maximum atomic E-state index is 6.04. The summed E-state index contributed by atoms with van der Waals surface area (Å²) >= 11 is 6.04. The molecule has 0 saturated heterocycles. The van der Waals surface area contributed by atoms with Gasteiger partial charge in [-0.05, 0) is 43.7 Å². The first-order chi connectivity index (χ1) is 9.70. The zero-order valence-electron chi connectivity index (χ0n) is 11.8. The number of aryl methyl sites for hydroxylation is 1. The summed E-state index contributed by atoms with van der Waals surface area (Å²) in [4.78, 5) is 0. The van der Waals surface area contributed by atoms with Crippen molar-refractivity contribution in [2.75, 3.05) is 13.2 Å². The summed E-state index contributed by atoms with van der Waals surface area (Å²) in [5.74, 6) is 0.904. The van der Waals surface area contributed by atoms with E-state index in [1.165, 1.54) is 0 Å². The molecule has 1 N–H and O–H groups in total. The van der Waals surface area contributed by atoms with Crippen LogP contribution in [0.4, 0.5) is 0 Å². The van der Waals surface area contributed by atoms with Crippen molar-refractivity contribution >= 4 is 11.6 Å². The third-order valence-corrected chi connectivity index (χ3v) is 3.24. The van der Waals surface area contributed by atoms with Gasteiger partial charge in [-0.15, -0.1) is 5.10 Å². The van der Waals surface area contributed by atoms with E-state index in [2.05, 4.69) is 15.6 Å². The van der Waals surface area contributed by atoms with Crippen LogP contribution in [0, 0.1) is 0 Å². The number of benzene rings is 1. The quantitative estimate of drug-likeness (QED) is 0.796. The topological polar surface area (TPSA) is 52.0 Å². The van der Waals surface area contributed by atoms with Gasteiger partial charge < -0.3 is 10.1 Å². The highest BCUT2D eigenvalue weighted by atomic mass is 35.5. The van der Waals surface area contributed by atoms with Crippen molar-refractivity contribution in [3.8, 4) is 5.75 Å².